The van der Waals surface area contributed by atoms with Crippen LogP contribution in [-0.2, 0) is 10.0 Å². The summed E-state index contributed by atoms with van der Waals surface area (Å²) in [6.45, 7) is 0.225. The van der Waals surface area contributed by atoms with E-state index >= 15 is 0 Å². The third-order valence-corrected chi connectivity index (χ3v) is 5.64. The molecule has 1 unspecified atom stereocenters. The minimum Gasteiger partial charge on any atom is -0.329 e. The van der Waals surface area contributed by atoms with E-state index in [2.05, 4.69) is 0 Å². The second kappa shape index (κ2) is 5.36. The third-order valence-electron chi connectivity index (χ3n) is 3.45. The van der Waals surface area contributed by atoms with Crippen LogP contribution in [0.3, 0.4) is 0 Å². The van der Waals surface area contributed by atoms with Gasteiger partial charge in [-0.2, -0.15) is 4.31 Å². The number of likely N-dealkylation sites (N-methyl/N-ethyl adjacent to an activating group) is 1. The lowest BCUT2D eigenvalue weighted by molar-refractivity contribution is 0.339. The van der Waals surface area contributed by atoms with E-state index in [4.69, 9.17) is 17.3 Å². The molecule has 0 heterocycles. The molecule has 0 aliphatic heterocycles. The highest BCUT2D eigenvalue weighted by Gasteiger charge is 2.39. The summed E-state index contributed by atoms with van der Waals surface area (Å²) < 4.78 is 39.9. The van der Waals surface area contributed by atoms with E-state index in [0.717, 1.165) is 12.8 Å². The van der Waals surface area contributed by atoms with E-state index in [1.54, 1.807) is 0 Å². The molecule has 0 spiro atoms. The summed E-state index contributed by atoms with van der Waals surface area (Å²) in [6.07, 6.45) is 1.92. The minimum absolute atomic E-state index is 0.204. The highest BCUT2D eigenvalue weighted by atomic mass is 35.5. The maximum Gasteiger partial charge on any atom is 0.246 e. The Morgan fingerprint density at radius 2 is 2.16 bits per heavy atom. The summed E-state index contributed by atoms with van der Waals surface area (Å²) in [5, 5.41) is -0.204. The molecule has 2 rings (SSSR count). The van der Waals surface area contributed by atoms with Crippen LogP contribution < -0.4 is 5.73 Å². The van der Waals surface area contributed by atoms with Crippen molar-refractivity contribution in [1.29, 1.82) is 0 Å². The van der Waals surface area contributed by atoms with Crippen LogP contribution in [0.2, 0.25) is 5.02 Å². The Morgan fingerprint density at radius 3 is 2.68 bits per heavy atom. The van der Waals surface area contributed by atoms with Crippen LogP contribution in [0.15, 0.2) is 23.1 Å². The van der Waals surface area contributed by atoms with E-state index in [0.29, 0.717) is 0 Å². The van der Waals surface area contributed by atoms with E-state index in [9.17, 15) is 12.8 Å². The average Bonchev–Trinajstić information content (AvgIpc) is 3.17. The molecule has 1 fully saturated rings. The number of hydrogen-bond acceptors (Lipinski definition) is 3. The Hall–Kier alpha value is -0.690. The van der Waals surface area contributed by atoms with Crippen LogP contribution in [0.1, 0.15) is 12.8 Å². The lowest BCUT2D eigenvalue weighted by atomic mass is 10.2. The van der Waals surface area contributed by atoms with E-state index in [-0.39, 0.29) is 23.5 Å². The molecular weight excluding hydrogens is 291 g/mol. The van der Waals surface area contributed by atoms with Crippen LogP contribution in [0.25, 0.3) is 0 Å². The lowest BCUT2D eigenvalue weighted by Gasteiger charge is -2.26. The number of sulfonamides is 1. The SMILES string of the molecule is CN(C(CN)C1CC1)S(=O)(=O)c1cccc(Cl)c1F. The van der Waals surface area contributed by atoms with Gasteiger partial charge in [-0.05, 0) is 30.9 Å². The Morgan fingerprint density at radius 1 is 1.53 bits per heavy atom. The largest absolute Gasteiger partial charge is 0.329 e. The van der Waals surface area contributed by atoms with Gasteiger partial charge in [0.1, 0.15) is 4.90 Å². The maximum atomic E-state index is 13.9. The lowest BCUT2D eigenvalue weighted by Crippen LogP contribution is -2.43. The van der Waals surface area contributed by atoms with Crippen LogP contribution in [0, 0.1) is 11.7 Å². The Labute approximate surface area is 117 Å². The zero-order valence-corrected chi connectivity index (χ0v) is 12.1. The van der Waals surface area contributed by atoms with Crippen molar-refractivity contribution in [2.24, 2.45) is 11.7 Å². The van der Waals surface area contributed by atoms with Crippen molar-refractivity contribution in [3.63, 3.8) is 0 Å². The van der Waals surface area contributed by atoms with Gasteiger partial charge in [0.15, 0.2) is 5.82 Å². The fourth-order valence-corrected chi connectivity index (χ4v) is 3.88. The zero-order valence-electron chi connectivity index (χ0n) is 10.5. The molecule has 1 aromatic carbocycles. The summed E-state index contributed by atoms with van der Waals surface area (Å²) in [5.41, 5.74) is 5.63. The second-order valence-corrected chi connectivity index (χ2v) is 7.09. The van der Waals surface area contributed by atoms with Crippen molar-refractivity contribution in [2.45, 2.75) is 23.8 Å². The molecule has 1 atom stereocenters. The summed E-state index contributed by atoms with van der Waals surface area (Å²) in [6, 6.07) is 3.66. The Balaban J connectivity index is 2.38. The molecule has 1 aliphatic carbocycles. The summed E-state index contributed by atoms with van der Waals surface area (Å²) >= 11 is 5.63. The van der Waals surface area contributed by atoms with Crippen molar-refractivity contribution in [3.8, 4) is 0 Å². The van der Waals surface area contributed by atoms with Gasteiger partial charge in [-0.25, -0.2) is 12.8 Å². The van der Waals surface area contributed by atoms with Gasteiger partial charge in [-0.15, -0.1) is 0 Å². The van der Waals surface area contributed by atoms with Gasteiger partial charge in [0.25, 0.3) is 0 Å². The van der Waals surface area contributed by atoms with Gasteiger partial charge in [-0.1, -0.05) is 17.7 Å². The quantitative estimate of drug-likeness (QED) is 0.903. The molecule has 19 heavy (non-hydrogen) atoms. The molecule has 4 nitrogen and oxygen atoms in total. The topological polar surface area (TPSA) is 63.4 Å². The number of hydrogen-bond donors (Lipinski definition) is 1. The predicted octanol–water partition coefficient (Wildman–Crippen LogP) is 1.84. The smallest absolute Gasteiger partial charge is 0.246 e. The van der Waals surface area contributed by atoms with E-state index in [1.165, 1.54) is 29.6 Å². The van der Waals surface area contributed by atoms with Gasteiger partial charge >= 0.3 is 0 Å². The van der Waals surface area contributed by atoms with Crippen LogP contribution >= 0.6 is 11.6 Å². The molecule has 1 aliphatic rings. The Bertz CT molecular complexity index is 575. The number of rotatable bonds is 5. The number of benzene rings is 1. The first-order chi connectivity index (χ1) is 8.89. The number of nitrogens with zero attached hydrogens (tertiary/aromatic N) is 1. The summed E-state index contributed by atoms with van der Waals surface area (Å²) in [5.74, 6) is -0.644. The normalized spacial score (nSPS) is 17.7. The Kier molecular flexibility index (Phi) is 4.15. The summed E-state index contributed by atoms with van der Waals surface area (Å²) in [7, 11) is -2.48. The van der Waals surface area contributed by atoms with Crippen molar-refractivity contribution in [3.05, 3.63) is 29.0 Å². The van der Waals surface area contributed by atoms with Crippen molar-refractivity contribution in [2.75, 3.05) is 13.6 Å². The van der Waals surface area contributed by atoms with Crippen molar-refractivity contribution < 1.29 is 12.8 Å². The highest BCUT2D eigenvalue weighted by Crippen LogP contribution is 2.36. The molecule has 0 amide bonds. The van der Waals surface area contributed by atoms with Crippen LogP contribution in [0.4, 0.5) is 4.39 Å². The first kappa shape index (κ1) is 14.7. The first-order valence-corrected chi connectivity index (χ1v) is 7.83. The van der Waals surface area contributed by atoms with Crippen LogP contribution in [-0.4, -0.2) is 32.4 Å². The molecule has 106 valence electrons. The van der Waals surface area contributed by atoms with E-state index < -0.39 is 20.7 Å². The van der Waals surface area contributed by atoms with Gasteiger partial charge in [-0.3, -0.25) is 0 Å². The van der Waals surface area contributed by atoms with Crippen LogP contribution in [0.5, 0.6) is 0 Å². The van der Waals surface area contributed by atoms with E-state index in [1.807, 2.05) is 0 Å². The molecule has 0 saturated heterocycles. The molecule has 1 aromatic rings. The molecule has 2 N–H and O–H groups in total. The third kappa shape index (κ3) is 2.76. The zero-order chi connectivity index (χ0) is 14.2. The molecular formula is C12H16ClFN2O2S. The molecule has 0 radical (unpaired) electrons. The second-order valence-electron chi connectivity index (χ2n) is 4.71. The minimum atomic E-state index is -3.91. The predicted molar refractivity (Wildman–Crippen MR) is 71.9 cm³/mol. The molecule has 1 saturated carbocycles. The monoisotopic (exact) mass is 306 g/mol. The van der Waals surface area contributed by atoms with Gasteiger partial charge in [0.05, 0.1) is 5.02 Å². The van der Waals surface area contributed by atoms with Gasteiger partial charge in [0, 0.05) is 19.6 Å². The van der Waals surface area contributed by atoms with Crippen molar-refractivity contribution in [1.82, 2.24) is 4.31 Å². The molecule has 7 heteroatoms. The highest BCUT2D eigenvalue weighted by molar-refractivity contribution is 7.89. The standard InChI is InChI=1S/C12H16ClFN2O2S/c1-16(10(7-15)8-5-6-8)19(17,18)11-4-2-3-9(13)12(11)14/h2-4,8,10H,5-7,15H2,1H3. The van der Waals surface area contributed by atoms with Crippen molar-refractivity contribution >= 4 is 21.6 Å². The fourth-order valence-electron chi connectivity index (χ4n) is 2.14. The van der Waals surface area contributed by atoms with Gasteiger partial charge in [0.2, 0.25) is 10.0 Å². The van der Waals surface area contributed by atoms with Gasteiger partial charge < -0.3 is 5.73 Å². The average molecular weight is 307 g/mol. The molecule has 0 bridgehead atoms. The maximum absolute atomic E-state index is 13.9. The summed E-state index contributed by atoms with van der Waals surface area (Å²) in [4.78, 5) is -0.401. The molecule has 0 aromatic heterocycles. The number of halogens is 2. The fraction of sp³-hybridized carbons (Fsp3) is 0.500. The first-order valence-electron chi connectivity index (χ1n) is 6.01. The number of nitrogens with two attached hydrogens (primary N) is 1.